The van der Waals surface area contributed by atoms with E-state index in [1.807, 2.05) is 6.92 Å². The first-order chi connectivity index (χ1) is 5.41. The van der Waals surface area contributed by atoms with E-state index in [0.29, 0.717) is 11.7 Å². The first kappa shape index (κ1) is 9.72. The molecule has 1 rings (SSSR count). The third-order valence-electron chi connectivity index (χ3n) is 2.95. The van der Waals surface area contributed by atoms with Crippen LogP contribution in [-0.2, 0) is 4.79 Å². The van der Waals surface area contributed by atoms with E-state index in [1.54, 1.807) is 0 Å². The molecule has 0 aromatic rings. The van der Waals surface area contributed by atoms with Gasteiger partial charge in [0, 0.05) is 12.3 Å². The SMILES string of the molecule is C[C@@H]1[NH2+]C[C@@H](C(C)(C)C)CC1=O. The van der Waals surface area contributed by atoms with Gasteiger partial charge < -0.3 is 5.32 Å². The maximum Gasteiger partial charge on any atom is 0.190 e. The van der Waals surface area contributed by atoms with Crippen LogP contribution in [0.15, 0.2) is 0 Å². The van der Waals surface area contributed by atoms with Crippen molar-refractivity contribution < 1.29 is 10.1 Å². The number of carbonyl (C=O) groups is 1. The summed E-state index contributed by atoms with van der Waals surface area (Å²) in [7, 11) is 0. The van der Waals surface area contributed by atoms with Crippen molar-refractivity contribution >= 4 is 5.78 Å². The summed E-state index contributed by atoms with van der Waals surface area (Å²) in [6.07, 6.45) is 0.779. The van der Waals surface area contributed by atoms with Gasteiger partial charge in [0.25, 0.3) is 0 Å². The Morgan fingerprint density at radius 3 is 2.42 bits per heavy atom. The van der Waals surface area contributed by atoms with Crippen LogP contribution in [0.5, 0.6) is 0 Å². The normalized spacial score (nSPS) is 32.2. The van der Waals surface area contributed by atoms with Crippen LogP contribution in [0.2, 0.25) is 0 Å². The fraction of sp³-hybridized carbons (Fsp3) is 0.900. The van der Waals surface area contributed by atoms with Crippen LogP contribution in [0.1, 0.15) is 34.1 Å². The van der Waals surface area contributed by atoms with Crippen molar-refractivity contribution in [2.45, 2.75) is 40.2 Å². The van der Waals surface area contributed by atoms with E-state index in [1.165, 1.54) is 0 Å². The summed E-state index contributed by atoms with van der Waals surface area (Å²) in [5.74, 6) is 0.974. The topological polar surface area (TPSA) is 33.7 Å². The first-order valence-electron chi connectivity index (χ1n) is 4.77. The van der Waals surface area contributed by atoms with Gasteiger partial charge in [0.15, 0.2) is 5.78 Å². The van der Waals surface area contributed by atoms with E-state index >= 15 is 0 Å². The molecule has 2 heteroatoms. The van der Waals surface area contributed by atoms with Crippen LogP contribution >= 0.6 is 0 Å². The molecule has 1 saturated heterocycles. The highest BCUT2D eigenvalue weighted by Gasteiger charge is 2.35. The minimum atomic E-state index is 0.198. The van der Waals surface area contributed by atoms with Crippen molar-refractivity contribution in [2.75, 3.05) is 6.54 Å². The van der Waals surface area contributed by atoms with Gasteiger partial charge in [-0.1, -0.05) is 20.8 Å². The number of rotatable bonds is 0. The van der Waals surface area contributed by atoms with Gasteiger partial charge in [-0.25, -0.2) is 0 Å². The number of ketones is 1. The van der Waals surface area contributed by atoms with Crippen LogP contribution < -0.4 is 5.32 Å². The molecule has 0 amide bonds. The first-order valence-corrected chi connectivity index (χ1v) is 4.77. The van der Waals surface area contributed by atoms with Crippen molar-refractivity contribution in [2.24, 2.45) is 11.3 Å². The molecule has 12 heavy (non-hydrogen) atoms. The van der Waals surface area contributed by atoms with Crippen LogP contribution in [-0.4, -0.2) is 18.4 Å². The van der Waals surface area contributed by atoms with Crippen molar-refractivity contribution in [1.82, 2.24) is 0 Å². The Morgan fingerprint density at radius 2 is 2.00 bits per heavy atom. The van der Waals surface area contributed by atoms with Gasteiger partial charge >= 0.3 is 0 Å². The molecule has 0 unspecified atom stereocenters. The Labute approximate surface area is 74.7 Å². The van der Waals surface area contributed by atoms with Gasteiger partial charge in [-0.2, -0.15) is 0 Å². The Kier molecular flexibility index (Phi) is 2.57. The molecule has 2 N–H and O–H groups in total. The van der Waals surface area contributed by atoms with Crippen LogP contribution in [0.3, 0.4) is 0 Å². The lowest BCUT2D eigenvalue weighted by Gasteiger charge is -2.33. The lowest BCUT2D eigenvalue weighted by Crippen LogP contribution is -2.94. The van der Waals surface area contributed by atoms with Gasteiger partial charge in [-0.05, 0) is 12.3 Å². The number of Topliss-reactive ketones (excluding diaryl/α,β-unsaturated/α-hetero) is 1. The fourth-order valence-electron chi connectivity index (χ4n) is 1.67. The van der Waals surface area contributed by atoms with E-state index in [-0.39, 0.29) is 11.5 Å². The summed E-state index contributed by atoms with van der Waals surface area (Å²) >= 11 is 0. The summed E-state index contributed by atoms with van der Waals surface area (Å²) < 4.78 is 0. The smallest absolute Gasteiger partial charge is 0.190 e. The standard InChI is InChI=1S/C10H19NO/c1-7-9(12)5-8(6-11-7)10(2,3)4/h7-8,11H,5-6H2,1-4H3/p+1/t7-,8-/m0/s1. The molecule has 0 aromatic carbocycles. The monoisotopic (exact) mass is 170 g/mol. The van der Waals surface area contributed by atoms with Crippen molar-refractivity contribution in [1.29, 1.82) is 0 Å². The number of hydrogen-bond donors (Lipinski definition) is 1. The van der Waals surface area contributed by atoms with Gasteiger partial charge in [-0.15, -0.1) is 0 Å². The summed E-state index contributed by atoms with van der Waals surface area (Å²) in [5, 5.41) is 2.17. The largest absolute Gasteiger partial charge is 0.338 e. The zero-order valence-electron chi connectivity index (χ0n) is 8.55. The molecule has 2 nitrogen and oxygen atoms in total. The summed E-state index contributed by atoms with van der Waals surface area (Å²) in [4.78, 5) is 11.4. The van der Waals surface area contributed by atoms with Gasteiger partial charge in [0.2, 0.25) is 0 Å². The maximum atomic E-state index is 11.4. The molecule has 1 aliphatic heterocycles. The Balaban J connectivity index is 2.57. The van der Waals surface area contributed by atoms with Crippen LogP contribution in [0, 0.1) is 11.3 Å². The molecule has 0 spiro atoms. The van der Waals surface area contributed by atoms with E-state index in [9.17, 15) is 4.79 Å². The van der Waals surface area contributed by atoms with Gasteiger partial charge in [0.1, 0.15) is 6.04 Å². The Morgan fingerprint density at radius 1 is 1.42 bits per heavy atom. The molecule has 2 atom stereocenters. The number of quaternary nitrogens is 1. The Hall–Kier alpha value is -0.370. The minimum Gasteiger partial charge on any atom is -0.338 e. The molecule has 1 heterocycles. The summed E-state index contributed by atoms with van der Waals surface area (Å²) in [6, 6.07) is 0.198. The second kappa shape index (κ2) is 3.17. The van der Waals surface area contributed by atoms with Gasteiger partial charge in [-0.3, -0.25) is 4.79 Å². The summed E-state index contributed by atoms with van der Waals surface area (Å²) in [5.41, 5.74) is 0.284. The van der Waals surface area contributed by atoms with Crippen molar-refractivity contribution in [3.8, 4) is 0 Å². The quantitative estimate of drug-likeness (QED) is 0.566. The average Bonchev–Trinajstić information content (AvgIpc) is 1.92. The number of hydrogen-bond acceptors (Lipinski definition) is 1. The molecule has 0 bridgehead atoms. The third-order valence-corrected chi connectivity index (χ3v) is 2.95. The zero-order valence-corrected chi connectivity index (χ0v) is 8.55. The van der Waals surface area contributed by atoms with E-state index < -0.39 is 0 Å². The zero-order chi connectivity index (χ0) is 9.35. The van der Waals surface area contributed by atoms with Crippen LogP contribution in [0.4, 0.5) is 0 Å². The average molecular weight is 170 g/mol. The predicted octanol–water partition coefficient (Wildman–Crippen LogP) is 0.573. The number of piperidine rings is 1. The fourth-order valence-corrected chi connectivity index (χ4v) is 1.67. The lowest BCUT2D eigenvalue weighted by molar-refractivity contribution is -0.685. The lowest BCUT2D eigenvalue weighted by atomic mass is 9.75. The van der Waals surface area contributed by atoms with E-state index in [0.717, 1.165) is 13.0 Å². The predicted molar refractivity (Wildman–Crippen MR) is 48.8 cm³/mol. The molecule has 70 valence electrons. The molecule has 0 aliphatic carbocycles. The van der Waals surface area contributed by atoms with E-state index in [2.05, 4.69) is 26.1 Å². The maximum absolute atomic E-state index is 11.4. The number of nitrogens with two attached hydrogens (primary N) is 1. The molecule has 0 radical (unpaired) electrons. The third kappa shape index (κ3) is 2.07. The van der Waals surface area contributed by atoms with E-state index in [4.69, 9.17) is 0 Å². The second-order valence-corrected chi connectivity index (χ2v) is 4.99. The number of carbonyl (C=O) groups excluding carboxylic acids is 1. The highest BCUT2D eigenvalue weighted by atomic mass is 16.1. The molecule has 0 aromatic heterocycles. The molecule has 0 saturated carbocycles. The van der Waals surface area contributed by atoms with Gasteiger partial charge in [0.05, 0.1) is 6.54 Å². The van der Waals surface area contributed by atoms with Crippen LogP contribution in [0.25, 0.3) is 0 Å². The highest BCUT2D eigenvalue weighted by Crippen LogP contribution is 2.28. The highest BCUT2D eigenvalue weighted by molar-refractivity contribution is 5.82. The van der Waals surface area contributed by atoms with Crippen molar-refractivity contribution in [3.63, 3.8) is 0 Å². The molecule has 1 aliphatic rings. The minimum absolute atomic E-state index is 0.198. The Bertz CT molecular complexity index is 181. The summed E-state index contributed by atoms with van der Waals surface area (Å²) in [6.45, 7) is 9.76. The molecular formula is C10H20NO+. The molecular weight excluding hydrogens is 150 g/mol. The molecule has 1 fully saturated rings. The van der Waals surface area contributed by atoms with Crippen molar-refractivity contribution in [3.05, 3.63) is 0 Å². The second-order valence-electron chi connectivity index (χ2n) is 4.99.